The van der Waals surface area contributed by atoms with Crippen LogP contribution in [-0.2, 0) is 13.5 Å². The lowest BCUT2D eigenvalue weighted by Crippen LogP contribution is -2.09. The zero-order valence-corrected chi connectivity index (χ0v) is 10.1. The fraction of sp³-hybridized carbons (Fsp3) is 0.308. The first kappa shape index (κ1) is 11.6. The first-order valence-electron chi connectivity index (χ1n) is 5.63. The SMILES string of the molecule is Cc1c(F)cccc1NCCc1nccn1C. The van der Waals surface area contributed by atoms with E-state index in [0.29, 0.717) is 5.56 Å². The van der Waals surface area contributed by atoms with Crippen molar-refractivity contribution < 1.29 is 4.39 Å². The summed E-state index contributed by atoms with van der Waals surface area (Å²) < 4.78 is 15.3. The quantitative estimate of drug-likeness (QED) is 0.879. The fourth-order valence-corrected chi connectivity index (χ4v) is 1.75. The Morgan fingerprint density at radius 3 is 2.94 bits per heavy atom. The molecule has 0 aliphatic carbocycles. The molecule has 0 unspecified atom stereocenters. The second kappa shape index (κ2) is 4.99. The van der Waals surface area contributed by atoms with E-state index >= 15 is 0 Å². The maximum atomic E-state index is 13.3. The van der Waals surface area contributed by atoms with E-state index in [1.54, 1.807) is 19.2 Å². The molecule has 0 radical (unpaired) electrons. The van der Waals surface area contributed by atoms with Gasteiger partial charge in [-0.05, 0) is 19.1 Å². The molecular weight excluding hydrogens is 217 g/mol. The summed E-state index contributed by atoms with van der Waals surface area (Å²) in [7, 11) is 1.97. The Morgan fingerprint density at radius 1 is 1.41 bits per heavy atom. The van der Waals surface area contributed by atoms with Gasteiger partial charge < -0.3 is 9.88 Å². The molecule has 0 saturated heterocycles. The van der Waals surface area contributed by atoms with E-state index in [1.165, 1.54) is 6.07 Å². The van der Waals surface area contributed by atoms with E-state index < -0.39 is 0 Å². The molecule has 4 heteroatoms. The van der Waals surface area contributed by atoms with Gasteiger partial charge in [-0.25, -0.2) is 9.37 Å². The molecule has 1 aromatic carbocycles. The topological polar surface area (TPSA) is 29.9 Å². The Kier molecular flexibility index (Phi) is 3.42. The number of nitrogens with one attached hydrogen (secondary N) is 1. The molecule has 0 spiro atoms. The van der Waals surface area contributed by atoms with Gasteiger partial charge in [-0.1, -0.05) is 6.07 Å². The molecule has 3 nitrogen and oxygen atoms in total. The fourth-order valence-electron chi connectivity index (χ4n) is 1.75. The molecule has 90 valence electrons. The number of imidazole rings is 1. The van der Waals surface area contributed by atoms with Crippen LogP contribution in [0.25, 0.3) is 0 Å². The molecule has 0 aliphatic rings. The van der Waals surface area contributed by atoms with Crippen molar-refractivity contribution in [2.24, 2.45) is 7.05 Å². The number of aryl methyl sites for hydroxylation is 1. The van der Waals surface area contributed by atoms with Crippen LogP contribution in [0, 0.1) is 12.7 Å². The Balaban J connectivity index is 1.95. The summed E-state index contributed by atoms with van der Waals surface area (Å²) in [5, 5.41) is 3.23. The van der Waals surface area contributed by atoms with Gasteiger partial charge in [-0.15, -0.1) is 0 Å². The van der Waals surface area contributed by atoms with Gasteiger partial charge in [0.2, 0.25) is 0 Å². The molecule has 0 fully saturated rings. The van der Waals surface area contributed by atoms with Crippen LogP contribution in [0.4, 0.5) is 10.1 Å². The standard InChI is InChI=1S/C13H16FN3/c1-10-11(14)4-3-5-12(10)15-7-6-13-16-8-9-17(13)2/h3-5,8-9,15H,6-7H2,1-2H3. The van der Waals surface area contributed by atoms with E-state index in [4.69, 9.17) is 0 Å². The smallest absolute Gasteiger partial charge is 0.128 e. The minimum absolute atomic E-state index is 0.174. The Hall–Kier alpha value is -1.84. The Morgan fingerprint density at radius 2 is 2.24 bits per heavy atom. The highest BCUT2D eigenvalue weighted by Gasteiger charge is 2.03. The lowest BCUT2D eigenvalue weighted by atomic mass is 10.2. The van der Waals surface area contributed by atoms with Crippen molar-refractivity contribution in [1.82, 2.24) is 9.55 Å². The number of nitrogens with zero attached hydrogens (tertiary/aromatic N) is 2. The number of hydrogen-bond donors (Lipinski definition) is 1. The monoisotopic (exact) mass is 233 g/mol. The van der Waals surface area contributed by atoms with Crippen LogP contribution in [0.5, 0.6) is 0 Å². The zero-order chi connectivity index (χ0) is 12.3. The molecule has 0 atom stereocenters. The van der Waals surface area contributed by atoms with E-state index in [1.807, 2.05) is 23.9 Å². The first-order chi connectivity index (χ1) is 8.18. The number of aromatic nitrogens is 2. The second-order valence-corrected chi connectivity index (χ2v) is 4.04. The second-order valence-electron chi connectivity index (χ2n) is 4.04. The number of anilines is 1. The highest BCUT2D eigenvalue weighted by atomic mass is 19.1. The van der Waals surface area contributed by atoms with Gasteiger partial charge in [-0.2, -0.15) is 0 Å². The third kappa shape index (κ3) is 2.64. The van der Waals surface area contributed by atoms with Crippen LogP contribution < -0.4 is 5.32 Å². The van der Waals surface area contributed by atoms with Gasteiger partial charge in [0.05, 0.1) is 0 Å². The summed E-state index contributed by atoms with van der Waals surface area (Å²) in [6.07, 6.45) is 4.52. The molecule has 1 heterocycles. The molecule has 0 amide bonds. The molecule has 0 saturated carbocycles. The van der Waals surface area contributed by atoms with Crippen LogP contribution in [-0.4, -0.2) is 16.1 Å². The van der Waals surface area contributed by atoms with Crippen molar-refractivity contribution in [2.75, 3.05) is 11.9 Å². The van der Waals surface area contributed by atoms with E-state index in [0.717, 1.165) is 24.5 Å². The van der Waals surface area contributed by atoms with Crippen molar-refractivity contribution in [3.63, 3.8) is 0 Å². The minimum Gasteiger partial charge on any atom is -0.384 e. The number of hydrogen-bond acceptors (Lipinski definition) is 2. The molecular formula is C13H16FN3. The predicted octanol–water partition coefficient (Wildman–Crippen LogP) is 2.52. The maximum Gasteiger partial charge on any atom is 0.128 e. The first-order valence-corrected chi connectivity index (χ1v) is 5.63. The van der Waals surface area contributed by atoms with Crippen LogP contribution in [0.3, 0.4) is 0 Å². The number of halogens is 1. The van der Waals surface area contributed by atoms with E-state index in [2.05, 4.69) is 10.3 Å². The lowest BCUT2D eigenvalue weighted by Gasteiger charge is -2.09. The van der Waals surface area contributed by atoms with Gasteiger partial charge >= 0.3 is 0 Å². The predicted molar refractivity (Wildman–Crippen MR) is 66.5 cm³/mol. The largest absolute Gasteiger partial charge is 0.384 e. The van der Waals surface area contributed by atoms with Crippen molar-refractivity contribution >= 4 is 5.69 Å². The summed E-state index contributed by atoms with van der Waals surface area (Å²) >= 11 is 0. The van der Waals surface area contributed by atoms with Gasteiger partial charge in [0, 0.05) is 43.7 Å². The third-order valence-electron chi connectivity index (χ3n) is 2.85. The van der Waals surface area contributed by atoms with Gasteiger partial charge in [0.1, 0.15) is 11.6 Å². The van der Waals surface area contributed by atoms with Gasteiger partial charge in [-0.3, -0.25) is 0 Å². The average molecular weight is 233 g/mol. The normalized spacial score (nSPS) is 10.5. The summed E-state index contributed by atoms with van der Waals surface area (Å²) in [6, 6.07) is 5.07. The van der Waals surface area contributed by atoms with Crippen LogP contribution in [0.1, 0.15) is 11.4 Å². The van der Waals surface area contributed by atoms with Crippen LogP contribution in [0.15, 0.2) is 30.6 Å². The molecule has 0 bridgehead atoms. The molecule has 1 N–H and O–H groups in total. The minimum atomic E-state index is -0.174. The Labute approximate surface area is 100 Å². The molecule has 2 rings (SSSR count). The van der Waals surface area contributed by atoms with Crippen molar-refractivity contribution in [2.45, 2.75) is 13.3 Å². The van der Waals surface area contributed by atoms with Crippen LogP contribution >= 0.6 is 0 Å². The molecule has 1 aromatic heterocycles. The lowest BCUT2D eigenvalue weighted by molar-refractivity contribution is 0.619. The highest BCUT2D eigenvalue weighted by Crippen LogP contribution is 2.17. The van der Waals surface area contributed by atoms with Crippen molar-refractivity contribution in [1.29, 1.82) is 0 Å². The van der Waals surface area contributed by atoms with E-state index in [9.17, 15) is 4.39 Å². The van der Waals surface area contributed by atoms with Crippen molar-refractivity contribution in [3.05, 3.63) is 47.8 Å². The summed E-state index contributed by atoms with van der Waals surface area (Å²) in [6.45, 7) is 2.52. The maximum absolute atomic E-state index is 13.3. The zero-order valence-electron chi connectivity index (χ0n) is 10.1. The third-order valence-corrected chi connectivity index (χ3v) is 2.85. The van der Waals surface area contributed by atoms with Gasteiger partial charge in [0.15, 0.2) is 0 Å². The highest BCUT2D eigenvalue weighted by molar-refractivity contribution is 5.50. The van der Waals surface area contributed by atoms with Gasteiger partial charge in [0.25, 0.3) is 0 Å². The van der Waals surface area contributed by atoms with Crippen LogP contribution in [0.2, 0.25) is 0 Å². The summed E-state index contributed by atoms with van der Waals surface area (Å²) in [4.78, 5) is 4.24. The average Bonchev–Trinajstić information content (AvgIpc) is 2.71. The van der Waals surface area contributed by atoms with E-state index in [-0.39, 0.29) is 5.82 Å². The number of rotatable bonds is 4. The summed E-state index contributed by atoms with van der Waals surface area (Å²) in [5.41, 5.74) is 1.51. The molecule has 2 aromatic rings. The molecule has 17 heavy (non-hydrogen) atoms. The Bertz CT molecular complexity index is 505. The molecule has 0 aliphatic heterocycles. The number of benzene rings is 1. The van der Waals surface area contributed by atoms with Crippen molar-refractivity contribution in [3.8, 4) is 0 Å². The summed E-state index contributed by atoms with van der Waals surface area (Å²) in [5.74, 6) is 0.846.